The Labute approximate surface area is 113 Å². The van der Waals surface area contributed by atoms with E-state index in [-0.39, 0.29) is 10.9 Å². The van der Waals surface area contributed by atoms with Crippen molar-refractivity contribution in [2.24, 2.45) is 0 Å². The minimum absolute atomic E-state index is 0.0187. The Morgan fingerprint density at radius 2 is 1.89 bits per heavy atom. The average molecular weight is 286 g/mol. The van der Waals surface area contributed by atoms with Crippen molar-refractivity contribution in [1.82, 2.24) is 9.62 Å². The first-order valence-electron chi connectivity index (χ1n) is 6.37. The number of hydrogen-bond donors (Lipinski definition) is 1. The molecule has 0 atom stereocenters. The lowest BCUT2D eigenvalue weighted by atomic mass is 10.1. The molecule has 1 saturated heterocycles. The van der Waals surface area contributed by atoms with E-state index in [4.69, 9.17) is 0 Å². The van der Waals surface area contributed by atoms with Crippen LogP contribution in [0.1, 0.15) is 18.4 Å². The number of nitrogens with zero attached hydrogens (tertiary/aromatic N) is 1. The summed E-state index contributed by atoms with van der Waals surface area (Å²) in [6.45, 7) is 3.31. The summed E-state index contributed by atoms with van der Waals surface area (Å²) in [6, 6.07) is 3.90. The van der Waals surface area contributed by atoms with Gasteiger partial charge in [-0.3, -0.25) is 0 Å². The number of aryl methyl sites for hydroxylation is 1. The van der Waals surface area contributed by atoms with Crippen molar-refractivity contribution < 1.29 is 12.8 Å². The van der Waals surface area contributed by atoms with Gasteiger partial charge in [-0.15, -0.1) is 0 Å². The summed E-state index contributed by atoms with van der Waals surface area (Å²) in [4.78, 5) is 0.0334. The fraction of sp³-hybridized carbons (Fsp3) is 0.538. The van der Waals surface area contributed by atoms with Crippen LogP contribution in [-0.4, -0.2) is 38.9 Å². The van der Waals surface area contributed by atoms with Crippen LogP contribution in [-0.2, 0) is 10.0 Å². The molecule has 1 heterocycles. The summed E-state index contributed by atoms with van der Waals surface area (Å²) in [5.41, 5.74) is 0.609. The zero-order valence-corrected chi connectivity index (χ0v) is 12.0. The summed E-state index contributed by atoms with van der Waals surface area (Å²) in [5, 5.41) is 3.20. The van der Waals surface area contributed by atoms with Crippen LogP contribution < -0.4 is 5.32 Å². The maximum atomic E-state index is 13.4. The van der Waals surface area contributed by atoms with Crippen molar-refractivity contribution in [2.45, 2.75) is 30.7 Å². The second-order valence-corrected chi connectivity index (χ2v) is 6.96. The van der Waals surface area contributed by atoms with Gasteiger partial charge >= 0.3 is 0 Å². The third-order valence-electron chi connectivity index (χ3n) is 3.52. The van der Waals surface area contributed by atoms with E-state index >= 15 is 0 Å². The molecule has 0 radical (unpaired) electrons. The van der Waals surface area contributed by atoms with Crippen LogP contribution >= 0.6 is 0 Å². The van der Waals surface area contributed by atoms with E-state index in [1.54, 1.807) is 14.0 Å². The van der Waals surface area contributed by atoms with Crippen LogP contribution in [0, 0.1) is 12.7 Å². The fourth-order valence-corrected chi connectivity index (χ4v) is 3.92. The molecule has 0 spiro atoms. The van der Waals surface area contributed by atoms with Crippen molar-refractivity contribution in [1.29, 1.82) is 0 Å². The largest absolute Gasteiger partial charge is 0.317 e. The Morgan fingerprint density at radius 1 is 1.26 bits per heavy atom. The maximum Gasteiger partial charge on any atom is 0.243 e. The monoisotopic (exact) mass is 286 g/mol. The highest BCUT2D eigenvalue weighted by atomic mass is 32.2. The zero-order valence-electron chi connectivity index (χ0n) is 11.2. The van der Waals surface area contributed by atoms with Crippen LogP contribution in [0.15, 0.2) is 23.1 Å². The van der Waals surface area contributed by atoms with Crippen LogP contribution in [0.4, 0.5) is 4.39 Å². The van der Waals surface area contributed by atoms with Gasteiger partial charge in [-0.05, 0) is 56.6 Å². The smallest absolute Gasteiger partial charge is 0.243 e. The van der Waals surface area contributed by atoms with Crippen LogP contribution in [0.25, 0.3) is 0 Å². The van der Waals surface area contributed by atoms with Crippen molar-refractivity contribution in [3.8, 4) is 0 Å². The van der Waals surface area contributed by atoms with Gasteiger partial charge in [0, 0.05) is 13.1 Å². The molecule has 4 nitrogen and oxygen atoms in total. The highest BCUT2D eigenvalue weighted by Gasteiger charge is 2.29. The Hall–Kier alpha value is -0.980. The lowest BCUT2D eigenvalue weighted by Gasteiger charge is -2.30. The van der Waals surface area contributed by atoms with E-state index in [0.29, 0.717) is 5.56 Å². The maximum absolute atomic E-state index is 13.4. The summed E-state index contributed by atoms with van der Waals surface area (Å²) in [6.07, 6.45) is 1.56. The van der Waals surface area contributed by atoms with Gasteiger partial charge in [0.05, 0.1) is 4.90 Å². The second-order valence-electron chi connectivity index (χ2n) is 4.97. The van der Waals surface area contributed by atoms with E-state index < -0.39 is 15.8 Å². The Morgan fingerprint density at radius 3 is 2.47 bits per heavy atom. The summed E-state index contributed by atoms with van der Waals surface area (Å²) < 4.78 is 39.7. The molecule has 0 aromatic heterocycles. The van der Waals surface area contributed by atoms with Gasteiger partial charge in [0.25, 0.3) is 0 Å². The average Bonchev–Trinajstić information content (AvgIpc) is 2.37. The van der Waals surface area contributed by atoms with Crippen molar-refractivity contribution in [3.05, 3.63) is 29.6 Å². The molecule has 19 heavy (non-hydrogen) atoms. The van der Waals surface area contributed by atoms with E-state index in [1.165, 1.54) is 16.4 Å². The van der Waals surface area contributed by atoms with Crippen LogP contribution in [0.2, 0.25) is 0 Å². The molecule has 1 aromatic rings. The van der Waals surface area contributed by atoms with E-state index in [9.17, 15) is 12.8 Å². The quantitative estimate of drug-likeness (QED) is 0.916. The predicted molar refractivity (Wildman–Crippen MR) is 72.0 cm³/mol. The third kappa shape index (κ3) is 3.13. The van der Waals surface area contributed by atoms with Crippen LogP contribution in [0.3, 0.4) is 0 Å². The topological polar surface area (TPSA) is 49.4 Å². The molecule has 2 rings (SSSR count). The molecule has 6 heteroatoms. The molecular weight excluding hydrogens is 267 g/mol. The first-order valence-corrected chi connectivity index (χ1v) is 7.81. The molecule has 1 aliphatic rings. The van der Waals surface area contributed by atoms with Crippen molar-refractivity contribution in [3.63, 3.8) is 0 Å². The van der Waals surface area contributed by atoms with E-state index in [1.807, 2.05) is 0 Å². The Kier molecular flexibility index (Phi) is 4.23. The molecule has 0 amide bonds. The molecule has 1 aromatic carbocycles. The molecule has 106 valence electrons. The SMILES string of the molecule is Cc1cc(F)cc(S(=O)(=O)N(C)C2CCNCC2)c1. The number of benzene rings is 1. The van der Waals surface area contributed by atoms with Crippen molar-refractivity contribution in [2.75, 3.05) is 20.1 Å². The van der Waals surface area contributed by atoms with Gasteiger partial charge in [-0.25, -0.2) is 12.8 Å². The van der Waals surface area contributed by atoms with Gasteiger partial charge in [0.15, 0.2) is 0 Å². The predicted octanol–water partition coefficient (Wildman–Crippen LogP) is 1.51. The van der Waals surface area contributed by atoms with Gasteiger partial charge in [-0.2, -0.15) is 4.31 Å². The number of hydrogen-bond acceptors (Lipinski definition) is 3. The highest BCUT2D eigenvalue weighted by molar-refractivity contribution is 7.89. The molecule has 0 aliphatic carbocycles. The molecular formula is C13H19FN2O2S. The molecule has 0 saturated carbocycles. The lowest BCUT2D eigenvalue weighted by Crippen LogP contribution is -2.43. The van der Waals surface area contributed by atoms with Gasteiger partial charge in [0.2, 0.25) is 10.0 Å². The summed E-state index contributed by atoms with van der Waals surface area (Å²) >= 11 is 0. The molecule has 0 unspecified atom stereocenters. The minimum atomic E-state index is -3.62. The number of piperidine rings is 1. The lowest BCUT2D eigenvalue weighted by molar-refractivity contribution is 0.296. The molecule has 1 fully saturated rings. The molecule has 1 aliphatic heterocycles. The number of sulfonamides is 1. The third-order valence-corrected chi connectivity index (χ3v) is 5.40. The Balaban J connectivity index is 2.30. The summed E-state index contributed by atoms with van der Waals surface area (Å²) in [7, 11) is -2.04. The standard InChI is InChI=1S/C13H19FN2O2S/c1-10-7-11(14)9-13(8-10)19(17,18)16(2)12-3-5-15-6-4-12/h7-9,12,15H,3-6H2,1-2H3. The molecule has 0 bridgehead atoms. The number of rotatable bonds is 3. The van der Waals surface area contributed by atoms with Gasteiger partial charge < -0.3 is 5.32 Å². The number of nitrogens with one attached hydrogen (secondary N) is 1. The zero-order chi connectivity index (χ0) is 14.0. The first-order chi connectivity index (χ1) is 8.91. The van der Waals surface area contributed by atoms with Crippen LogP contribution in [0.5, 0.6) is 0 Å². The van der Waals surface area contributed by atoms with Gasteiger partial charge in [0.1, 0.15) is 5.82 Å². The Bertz CT molecular complexity index is 534. The first kappa shape index (κ1) is 14.4. The second kappa shape index (κ2) is 5.56. The van der Waals surface area contributed by atoms with Gasteiger partial charge in [-0.1, -0.05) is 0 Å². The van der Waals surface area contributed by atoms with Crippen molar-refractivity contribution >= 4 is 10.0 Å². The fourth-order valence-electron chi connectivity index (χ4n) is 2.38. The minimum Gasteiger partial charge on any atom is -0.317 e. The normalized spacial score (nSPS) is 17.9. The molecule has 1 N–H and O–H groups in total. The van der Waals surface area contributed by atoms with E-state index in [0.717, 1.165) is 32.0 Å². The number of halogens is 1. The summed E-state index contributed by atoms with van der Waals surface area (Å²) in [5.74, 6) is -0.516. The van der Waals surface area contributed by atoms with E-state index in [2.05, 4.69) is 5.32 Å². The highest BCUT2D eigenvalue weighted by Crippen LogP contribution is 2.22.